The van der Waals surface area contributed by atoms with Crippen LogP contribution in [-0.2, 0) is 24.3 Å². The first-order valence-electron chi connectivity index (χ1n) is 13.1. The number of sulfonamides is 1. The van der Waals surface area contributed by atoms with E-state index in [-0.39, 0.29) is 34.3 Å². The zero-order valence-corrected chi connectivity index (χ0v) is 23.8. The van der Waals surface area contributed by atoms with Crippen molar-refractivity contribution in [1.29, 1.82) is 5.26 Å². The summed E-state index contributed by atoms with van der Waals surface area (Å²) in [6, 6.07) is 17.7. The summed E-state index contributed by atoms with van der Waals surface area (Å²) < 4.78 is 33.7. The first-order valence-corrected chi connectivity index (χ1v) is 14.5. The molecular formula is C30H29N5O5S. The third kappa shape index (κ3) is 5.37. The number of amides is 2. The Labute approximate surface area is 238 Å². The highest BCUT2D eigenvalue weighted by Gasteiger charge is 2.37. The highest BCUT2D eigenvalue weighted by atomic mass is 32.2. The molecule has 0 saturated carbocycles. The summed E-state index contributed by atoms with van der Waals surface area (Å²) in [6.45, 7) is 2.23. The Kier molecular flexibility index (Phi) is 7.73. The van der Waals surface area contributed by atoms with Crippen LogP contribution in [0.15, 0.2) is 82.4 Å². The minimum absolute atomic E-state index is 0.0748. The summed E-state index contributed by atoms with van der Waals surface area (Å²) in [7, 11) is -0.691. The second-order valence-electron chi connectivity index (χ2n) is 10.1. The van der Waals surface area contributed by atoms with Gasteiger partial charge < -0.3 is 4.74 Å². The van der Waals surface area contributed by atoms with Crippen molar-refractivity contribution in [2.24, 2.45) is 0 Å². The van der Waals surface area contributed by atoms with E-state index in [1.54, 1.807) is 36.0 Å². The van der Waals surface area contributed by atoms with E-state index in [2.05, 4.69) is 0 Å². The van der Waals surface area contributed by atoms with Crippen molar-refractivity contribution in [1.82, 2.24) is 19.0 Å². The smallest absolute Gasteiger partial charge is 0.271 e. The van der Waals surface area contributed by atoms with Gasteiger partial charge in [0.25, 0.3) is 11.8 Å². The molecule has 41 heavy (non-hydrogen) atoms. The standard InChI is InChI=1S/C30H29N5O5S/c1-20-26(29(36)34(30(37)27(20)17-31)19-24-10-7-15-40-24)16-22-18-35(23-8-5-4-6-9-23)32-28(22)21-11-13-25(14-12-21)41(38,39)33(2)3/h4-6,8-9,11-14,16,18,24H,7,10,15,19H2,1-3H3/b26-16+. The molecule has 0 bridgehead atoms. The predicted molar refractivity (Wildman–Crippen MR) is 152 cm³/mol. The van der Waals surface area contributed by atoms with E-state index in [4.69, 9.17) is 9.84 Å². The van der Waals surface area contributed by atoms with Gasteiger partial charge in [0.05, 0.1) is 28.9 Å². The van der Waals surface area contributed by atoms with Crippen molar-refractivity contribution in [2.45, 2.75) is 30.8 Å². The average molecular weight is 572 g/mol. The molecule has 1 fully saturated rings. The summed E-state index contributed by atoms with van der Waals surface area (Å²) in [5.74, 6) is -1.13. The quantitative estimate of drug-likeness (QED) is 0.314. The number of aromatic nitrogens is 2. The van der Waals surface area contributed by atoms with Gasteiger partial charge in [-0.2, -0.15) is 10.4 Å². The van der Waals surface area contributed by atoms with Gasteiger partial charge in [-0.3, -0.25) is 14.5 Å². The molecule has 5 rings (SSSR count). The predicted octanol–water partition coefficient (Wildman–Crippen LogP) is 3.56. The highest BCUT2D eigenvalue weighted by Crippen LogP contribution is 2.32. The zero-order valence-electron chi connectivity index (χ0n) is 22.9. The van der Waals surface area contributed by atoms with Crippen molar-refractivity contribution >= 4 is 27.9 Å². The van der Waals surface area contributed by atoms with E-state index in [0.29, 0.717) is 23.4 Å². The fourth-order valence-electron chi connectivity index (χ4n) is 4.87. The topological polar surface area (TPSA) is 126 Å². The molecule has 1 atom stereocenters. The van der Waals surface area contributed by atoms with Crippen LogP contribution in [0.25, 0.3) is 23.0 Å². The zero-order chi connectivity index (χ0) is 29.3. The van der Waals surface area contributed by atoms with Crippen LogP contribution in [-0.4, -0.2) is 72.6 Å². The maximum atomic E-state index is 13.7. The van der Waals surface area contributed by atoms with Crippen molar-refractivity contribution in [3.8, 4) is 23.0 Å². The number of benzene rings is 2. The number of imide groups is 1. The van der Waals surface area contributed by atoms with Crippen LogP contribution in [0, 0.1) is 11.3 Å². The van der Waals surface area contributed by atoms with Crippen LogP contribution >= 0.6 is 0 Å². The van der Waals surface area contributed by atoms with Gasteiger partial charge in [0.1, 0.15) is 11.6 Å². The second kappa shape index (κ2) is 11.2. The molecule has 2 amide bonds. The number of nitrogens with zero attached hydrogens (tertiary/aromatic N) is 5. The van der Waals surface area contributed by atoms with Crippen LogP contribution in [0.1, 0.15) is 25.3 Å². The van der Waals surface area contributed by atoms with Gasteiger partial charge in [0.2, 0.25) is 10.0 Å². The monoisotopic (exact) mass is 571 g/mol. The van der Waals surface area contributed by atoms with Crippen LogP contribution in [0.3, 0.4) is 0 Å². The van der Waals surface area contributed by atoms with Crippen LogP contribution < -0.4 is 0 Å². The Morgan fingerprint density at radius 2 is 1.80 bits per heavy atom. The lowest BCUT2D eigenvalue weighted by Crippen LogP contribution is -2.46. The third-order valence-corrected chi connectivity index (χ3v) is 9.03. The molecule has 3 aromatic rings. The molecule has 1 saturated heterocycles. The van der Waals surface area contributed by atoms with Gasteiger partial charge >= 0.3 is 0 Å². The van der Waals surface area contributed by atoms with E-state index in [1.807, 2.05) is 36.4 Å². The molecule has 1 aromatic heterocycles. The van der Waals surface area contributed by atoms with Crippen LogP contribution in [0.5, 0.6) is 0 Å². The van der Waals surface area contributed by atoms with Gasteiger partial charge in [-0.25, -0.2) is 17.4 Å². The minimum Gasteiger partial charge on any atom is -0.376 e. The Morgan fingerprint density at radius 1 is 1.10 bits per heavy atom. The Hall–Kier alpha value is -4.37. The average Bonchev–Trinajstić information content (AvgIpc) is 3.64. The van der Waals surface area contributed by atoms with Gasteiger partial charge in [0, 0.05) is 43.6 Å². The molecule has 1 unspecified atom stereocenters. The lowest BCUT2D eigenvalue weighted by atomic mass is 9.93. The minimum atomic E-state index is -3.62. The maximum absolute atomic E-state index is 13.7. The molecule has 210 valence electrons. The third-order valence-electron chi connectivity index (χ3n) is 7.21. The summed E-state index contributed by atoms with van der Waals surface area (Å²) in [5, 5.41) is 14.6. The van der Waals surface area contributed by atoms with Gasteiger partial charge in [-0.1, -0.05) is 30.3 Å². The summed E-state index contributed by atoms with van der Waals surface area (Å²) in [6.07, 6.45) is 4.70. The molecule has 10 nitrogen and oxygen atoms in total. The molecule has 0 aliphatic carbocycles. The van der Waals surface area contributed by atoms with E-state index < -0.39 is 21.8 Å². The van der Waals surface area contributed by atoms with E-state index in [0.717, 1.165) is 27.7 Å². The molecular weight excluding hydrogens is 542 g/mol. The second-order valence-corrected chi connectivity index (χ2v) is 12.2. The van der Waals surface area contributed by atoms with E-state index in [9.17, 15) is 23.3 Å². The van der Waals surface area contributed by atoms with Gasteiger partial charge in [-0.05, 0) is 55.7 Å². The first-order chi connectivity index (χ1) is 19.6. The number of carbonyl (C=O) groups excluding carboxylic acids is 2. The van der Waals surface area contributed by atoms with Gasteiger partial charge in [0.15, 0.2) is 0 Å². The number of rotatable bonds is 7. The lowest BCUT2D eigenvalue weighted by Gasteiger charge is -2.29. The van der Waals surface area contributed by atoms with E-state index in [1.165, 1.54) is 26.2 Å². The van der Waals surface area contributed by atoms with Crippen molar-refractivity contribution in [3.63, 3.8) is 0 Å². The largest absolute Gasteiger partial charge is 0.376 e. The van der Waals surface area contributed by atoms with Crippen LogP contribution in [0.2, 0.25) is 0 Å². The van der Waals surface area contributed by atoms with Crippen molar-refractivity contribution < 1.29 is 22.7 Å². The van der Waals surface area contributed by atoms with Crippen molar-refractivity contribution in [3.05, 3.63) is 83.1 Å². The molecule has 3 heterocycles. The summed E-state index contributed by atoms with van der Waals surface area (Å²) >= 11 is 0. The molecule has 2 aromatic carbocycles. The highest BCUT2D eigenvalue weighted by molar-refractivity contribution is 7.89. The molecule has 11 heteroatoms. The van der Waals surface area contributed by atoms with Gasteiger partial charge in [-0.15, -0.1) is 0 Å². The molecule has 0 radical (unpaired) electrons. The summed E-state index contributed by atoms with van der Waals surface area (Å²) in [5.41, 5.74) is 2.86. The number of hydrogen-bond donors (Lipinski definition) is 0. The number of ether oxygens (including phenoxy) is 1. The Balaban J connectivity index is 1.63. The number of nitriles is 1. The Bertz CT molecular complexity index is 1710. The first kappa shape index (κ1) is 28.2. The fraction of sp³-hybridized carbons (Fsp3) is 0.267. The lowest BCUT2D eigenvalue weighted by molar-refractivity contribution is -0.142. The van der Waals surface area contributed by atoms with Crippen LogP contribution in [0.4, 0.5) is 0 Å². The van der Waals surface area contributed by atoms with E-state index >= 15 is 0 Å². The SMILES string of the molecule is CC1=C(C#N)C(=O)N(CC2CCCO2)C(=O)/C1=C/c1cn(-c2ccccc2)nc1-c1ccc(S(=O)(=O)N(C)C)cc1. The number of para-hydroxylation sites is 1. The Morgan fingerprint density at radius 3 is 2.41 bits per heavy atom. The molecule has 0 N–H and O–H groups in total. The number of hydrogen-bond acceptors (Lipinski definition) is 7. The molecule has 0 spiro atoms. The molecule has 2 aliphatic rings. The fourth-order valence-corrected chi connectivity index (χ4v) is 5.77. The molecule has 2 aliphatic heterocycles. The summed E-state index contributed by atoms with van der Waals surface area (Å²) in [4.78, 5) is 28.0. The number of carbonyl (C=O) groups is 2. The normalized spacial score (nSPS) is 19.0. The van der Waals surface area contributed by atoms with Crippen molar-refractivity contribution in [2.75, 3.05) is 27.2 Å². The maximum Gasteiger partial charge on any atom is 0.271 e.